The molecule has 1 fully saturated rings. The lowest BCUT2D eigenvalue weighted by molar-refractivity contribution is 0.143. The van der Waals surface area contributed by atoms with Crippen LogP contribution in [0.4, 0.5) is 0 Å². The lowest BCUT2D eigenvalue weighted by Crippen LogP contribution is -2.35. The van der Waals surface area contributed by atoms with Gasteiger partial charge in [-0.3, -0.25) is 5.32 Å². The highest BCUT2D eigenvalue weighted by atomic mass is 35.5. The molecule has 4 N–H and O–H groups in total. The number of hydrogen-bond donors (Lipinski definition) is 3. The Kier molecular flexibility index (Phi) is 3.31. The molecule has 0 saturated carbocycles. The number of aliphatic hydroxyl groups is 1. The largest absolute Gasteiger partial charge is 0.377 e. The van der Waals surface area contributed by atoms with Crippen LogP contribution in [0.2, 0.25) is 0 Å². The minimum atomic E-state index is -0.458. The number of aliphatic hydroxyl groups excluding tert-OH is 1. The van der Waals surface area contributed by atoms with E-state index < -0.39 is 6.23 Å². The monoisotopic (exact) mass is 138 g/mol. The van der Waals surface area contributed by atoms with Gasteiger partial charge in [0.15, 0.2) is 0 Å². The van der Waals surface area contributed by atoms with E-state index in [-0.39, 0.29) is 18.4 Å². The Morgan fingerprint density at radius 1 is 1.62 bits per heavy atom. The average Bonchev–Trinajstić information content (AvgIpc) is 1.91. The van der Waals surface area contributed by atoms with Gasteiger partial charge in [0.05, 0.1) is 0 Å². The van der Waals surface area contributed by atoms with Crippen LogP contribution in [0.1, 0.15) is 6.42 Å². The molecule has 0 aromatic rings. The fraction of sp³-hybridized carbons (Fsp3) is 1.00. The maximum atomic E-state index is 8.76. The van der Waals surface area contributed by atoms with Gasteiger partial charge >= 0.3 is 0 Å². The number of hydrogen-bond acceptors (Lipinski definition) is 3. The molecule has 0 aromatic carbocycles. The number of nitrogens with one attached hydrogen (secondary N) is 1. The van der Waals surface area contributed by atoms with E-state index in [9.17, 15) is 0 Å². The Morgan fingerprint density at radius 2 is 2.25 bits per heavy atom. The van der Waals surface area contributed by atoms with Crippen molar-refractivity contribution in [2.75, 3.05) is 6.54 Å². The van der Waals surface area contributed by atoms with E-state index in [1.807, 2.05) is 0 Å². The van der Waals surface area contributed by atoms with Crippen LogP contribution in [0.15, 0.2) is 0 Å². The average molecular weight is 139 g/mol. The second-order valence-corrected chi connectivity index (χ2v) is 1.85. The van der Waals surface area contributed by atoms with Gasteiger partial charge in [0.25, 0.3) is 0 Å². The summed E-state index contributed by atoms with van der Waals surface area (Å²) in [6.07, 6.45) is 0.432. The van der Waals surface area contributed by atoms with Gasteiger partial charge in [-0.1, -0.05) is 0 Å². The van der Waals surface area contributed by atoms with E-state index in [4.69, 9.17) is 10.8 Å². The summed E-state index contributed by atoms with van der Waals surface area (Å²) in [6, 6.07) is -0.0417. The second kappa shape index (κ2) is 3.25. The molecule has 1 saturated heterocycles. The van der Waals surface area contributed by atoms with Gasteiger partial charge in [-0.2, -0.15) is 0 Å². The highest BCUT2D eigenvalue weighted by Gasteiger charge is 2.19. The van der Waals surface area contributed by atoms with Gasteiger partial charge in [-0.25, -0.2) is 0 Å². The maximum Gasteiger partial charge on any atom is 0.120 e. The highest BCUT2D eigenvalue weighted by Crippen LogP contribution is 1.98. The second-order valence-electron chi connectivity index (χ2n) is 1.85. The van der Waals surface area contributed by atoms with E-state index in [1.165, 1.54) is 0 Å². The van der Waals surface area contributed by atoms with Crippen molar-refractivity contribution in [1.29, 1.82) is 0 Å². The standard InChI is InChI=1S/C4H10N2O.ClH/c5-3-1-2-6-4(3)7;/h3-4,6-7H,1-2,5H2;1H/t3-,4?;/m0./s1. The normalized spacial score (nSPS) is 36.8. The SMILES string of the molecule is Cl.N[C@H]1CCNC1O. The highest BCUT2D eigenvalue weighted by molar-refractivity contribution is 5.85. The van der Waals surface area contributed by atoms with Crippen molar-refractivity contribution in [2.24, 2.45) is 5.73 Å². The van der Waals surface area contributed by atoms with E-state index in [0.717, 1.165) is 13.0 Å². The third-order valence-electron chi connectivity index (χ3n) is 1.24. The molecule has 1 rings (SSSR count). The molecule has 0 spiro atoms. The van der Waals surface area contributed by atoms with Crippen LogP contribution in [0.25, 0.3) is 0 Å². The van der Waals surface area contributed by atoms with Crippen molar-refractivity contribution in [3.8, 4) is 0 Å². The number of rotatable bonds is 0. The Balaban J connectivity index is 0.000000490. The van der Waals surface area contributed by atoms with E-state index in [0.29, 0.717) is 0 Å². The first-order chi connectivity index (χ1) is 3.30. The molecular formula is C4H11ClN2O. The molecule has 0 radical (unpaired) electrons. The Bertz CT molecular complexity index is 63.1. The summed E-state index contributed by atoms with van der Waals surface area (Å²) in [5.41, 5.74) is 5.37. The van der Waals surface area contributed by atoms with Gasteiger partial charge in [-0.05, 0) is 13.0 Å². The summed E-state index contributed by atoms with van der Waals surface area (Å²) in [6.45, 7) is 0.850. The lowest BCUT2D eigenvalue weighted by Gasteiger charge is -2.04. The predicted molar refractivity (Wildman–Crippen MR) is 33.8 cm³/mol. The topological polar surface area (TPSA) is 58.3 Å². The first kappa shape index (κ1) is 8.17. The van der Waals surface area contributed by atoms with Crippen LogP contribution in [0, 0.1) is 0 Å². The fourth-order valence-corrected chi connectivity index (χ4v) is 0.707. The van der Waals surface area contributed by atoms with Crippen LogP contribution in [-0.4, -0.2) is 23.9 Å². The van der Waals surface area contributed by atoms with Crippen molar-refractivity contribution >= 4 is 12.4 Å². The lowest BCUT2D eigenvalue weighted by atomic mass is 10.3. The third-order valence-corrected chi connectivity index (χ3v) is 1.24. The van der Waals surface area contributed by atoms with Gasteiger partial charge < -0.3 is 10.8 Å². The molecule has 0 aromatic heterocycles. The molecule has 3 nitrogen and oxygen atoms in total. The van der Waals surface area contributed by atoms with Crippen molar-refractivity contribution in [3.63, 3.8) is 0 Å². The summed E-state index contributed by atoms with van der Waals surface area (Å²) < 4.78 is 0. The smallest absolute Gasteiger partial charge is 0.120 e. The minimum absolute atomic E-state index is 0. The van der Waals surface area contributed by atoms with Gasteiger partial charge in [-0.15, -0.1) is 12.4 Å². The van der Waals surface area contributed by atoms with Gasteiger partial charge in [0.2, 0.25) is 0 Å². The van der Waals surface area contributed by atoms with Gasteiger partial charge in [0.1, 0.15) is 6.23 Å². The van der Waals surface area contributed by atoms with Crippen LogP contribution in [0.3, 0.4) is 0 Å². The molecule has 50 valence electrons. The summed E-state index contributed by atoms with van der Waals surface area (Å²) in [5.74, 6) is 0. The van der Waals surface area contributed by atoms with Crippen molar-refractivity contribution in [3.05, 3.63) is 0 Å². The molecule has 8 heavy (non-hydrogen) atoms. The van der Waals surface area contributed by atoms with Crippen molar-refractivity contribution in [1.82, 2.24) is 5.32 Å². The van der Waals surface area contributed by atoms with Crippen molar-refractivity contribution in [2.45, 2.75) is 18.7 Å². The number of nitrogens with two attached hydrogens (primary N) is 1. The van der Waals surface area contributed by atoms with Crippen molar-refractivity contribution < 1.29 is 5.11 Å². The number of halogens is 1. The van der Waals surface area contributed by atoms with E-state index in [2.05, 4.69) is 5.32 Å². The maximum absolute atomic E-state index is 8.76. The predicted octanol–water partition coefficient (Wildman–Crippen LogP) is -0.953. The Labute approximate surface area is 54.7 Å². The zero-order valence-corrected chi connectivity index (χ0v) is 5.32. The molecule has 4 heteroatoms. The van der Waals surface area contributed by atoms with E-state index in [1.54, 1.807) is 0 Å². The zero-order chi connectivity index (χ0) is 5.28. The molecule has 0 amide bonds. The summed E-state index contributed by atoms with van der Waals surface area (Å²) >= 11 is 0. The molecule has 1 heterocycles. The fourth-order valence-electron chi connectivity index (χ4n) is 0.707. The molecular weight excluding hydrogens is 128 g/mol. The van der Waals surface area contributed by atoms with Crippen LogP contribution < -0.4 is 11.1 Å². The first-order valence-electron chi connectivity index (χ1n) is 2.48. The van der Waals surface area contributed by atoms with Gasteiger partial charge in [0, 0.05) is 6.04 Å². The summed E-state index contributed by atoms with van der Waals surface area (Å²) in [4.78, 5) is 0. The summed E-state index contributed by atoms with van der Waals surface area (Å²) in [5, 5.41) is 11.6. The molecule has 0 aliphatic carbocycles. The Hall–Kier alpha value is 0.170. The Morgan fingerprint density at radius 3 is 2.38 bits per heavy atom. The quantitative estimate of drug-likeness (QED) is 0.405. The molecule has 2 atom stereocenters. The van der Waals surface area contributed by atoms with Crippen LogP contribution >= 0.6 is 12.4 Å². The third kappa shape index (κ3) is 1.59. The molecule has 0 bridgehead atoms. The summed E-state index contributed by atoms with van der Waals surface area (Å²) in [7, 11) is 0. The molecule has 1 aliphatic heterocycles. The van der Waals surface area contributed by atoms with Crippen LogP contribution in [0.5, 0.6) is 0 Å². The molecule has 1 unspecified atom stereocenters. The minimum Gasteiger partial charge on any atom is -0.377 e. The van der Waals surface area contributed by atoms with E-state index >= 15 is 0 Å². The first-order valence-corrected chi connectivity index (χ1v) is 2.48. The molecule has 1 aliphatic rings. The zero-order valence-electron chi connectivity index (χ0n) is 4.50. The van der Waals surface area contributed by atoms with Crippen LogP contribution in [-0.2, 0) is 0 Å².